The predicted molar refractivity (Wildman–Crippen MR) is 80.4 cm³/mol. The maximum Gasteiger partial charge on any atom is 0.262 e. The average Bonchev–Trinajstić information content (AvgIpc) is 3.15. The van der Waals surface area contributed by atoms with E-state index >= 15 is 0 Å². The van der Waals surface area contributed by atoms with E-state index in [1.165, 1.54) is 22.2 Å². The standard InChI is InChI=1S/C14H17N3O3S/c18-12(15-7-10-2-5-20-8-10)1-4-17-9-16-13-11(14(17)19)3-6-21-13/h3,6,9-10H,1-2,4-5,7-8H2,(H,15,18)/t10-/m0/s1. The first-order chi connectivity index (χ1) is 10.2. The Morgan fingerprint density at radius 3 is 3.29 bits per heavy atom. The van der Waals surface area contributed by atoms with Crippen LogP contribution in [-0.2, 0) is 16.1 Å². The van der Waals surface area contributed by atoms with Gasteiger partial charge < -0.3 is 10.1 Å². The predicted octanol–water partition coefficient (Wildman–Crippen LogP) is 1.00. The lowest BCUT2D eigenvalue weighted by Gasteiger charge is -2.10. The van der Waals surface area contributed by atoms with Crippen LogP contribution >= 0.6 is 11.3 Å². The molecular formula is C14H17N3O3S. The van der Waals surface area contributed by atoms with Crippen LogP contribution in [0.4, 0.5) is 0 Å². The molecule has 0 unspecified atom stereocenters. The van der Waals surface area contributed by atoms with Crippen LogP contribution in [-0.4, -0.2) is 35.2 Å². The minimum absolute atomic E-state index is 0.0424. The molecule has 6 nitrogen and oxygen atoms in total. The molecule has 3 heterocycles. The molecule has 7 heteroatoms. The zero-order valence-electron chi connectivity index (χ0n) is 11.6. The molecule has 1 fully saturated rings. The molecular weight excluding hydrogens is 290 g/mol. The van der Waals surface area contributed by atoms with E-state index in [1.807, 2.05) is 5.38 Å². The van der Waals surface area contributed by atoms with Crippen LogP contribution in [0.5, 0.6) is 0 Å². The molecule has 112 valence electrons. The average molecular weight is 307 g/mol. The lowest BCUT2D eigenvalue weighted by Crippen LogP contribution is -2.31. The van der Waals surface area contributed by atoms with Crippen molar-refractivity contribution in [2.75, 3.05) is 19.8 Å². The number of carbonyl (C=O) groups excluding carboxylic acids is 1. The van der Waals surface area contributed by atoms with E-state index in [0.29, 0.717) is 24.4 Å². The molecule has 21 heavy (non-hydrogen) atoms. The lowest BCUT2D eigenvalue weighted by molar-refractivity contribution is -0.121. The van der Waals surface area contributed by atoms with Gasteiger partial charge in [-0.3, -0.25) is 14.2 Å². The van der Waals surface area contributed by atoms with Crippen molar-refractivity contribution in [1.29, 1.82) is 0 Å². The molecule has 2 aromatic heterocycles. The van der Waals surface area contributed by atoms with Gasteiger partial charge in [0.15, 0.2) is 0 Å². The first-order valence-corrected chi connectivity index (χ1v) is 7.89. The fourth-order valence-electron chi connectivity index (χ4n) is 2.37. The highest BCUT2D eigenvalue weighted by Crippen LogP contribution is 2.13. The quantitative estimate of drug-likeness (QED) is 0.894. The minimum Gasteiger partial charge on any atom is -0.381 e. The third kappa shape index (κ3) is 3.30. The minimum atomic E-state index is -0.0850. The van der Waals surface area contributed by atoms with Crippen molar-refractivity contribution in [2.45, 2.75) is 19.4 Å². The Bertz CT molecular complexity index is 688. The van der Waals surface area contributed by atoms with Crippen LogP contribution in [0, 0.1) is 5.92 Å². The number of nitrogens with zero attached hydrogens (tertiary/aromatic N) is 2. The molecule has 1 amide bonds. The highest BCUT2D eigenvalue weighted by molar-refractivity contribution is 7.16. The van der Waals surface area contributed by atoms with Gasteiger partial charge in [0.1, 0.15) is 4.83 Å². The molecule has 1 aliphatic rings. The molecule has 3 rings (SSSR count). The summed E-state index contributed by atoms with van der Waals surface area (Å²) in [5, 5.41) is 5.36. The van der Waals surface area contributed by atoms with E-state index in [9.17, 15) is 9.59 Å². The third-order valence-corrected chi connectivity index (χ3v) is 4.46. The zero-order valence-corrected chi connectivity index (χ0v) is 12.4. The summed E-state index contributed by atoms with van der Waals surface area (Å²) in [6.07, 6.45) is 2.79. The highest BCUT2D eigenvalue weighted by atomic mass is 32.1. The normalized spacial score (nSPS) is 18.2. The first kappa shape index (κ1) is 14.2. The summed E-state index contributed by atoms with van der Waals surface area (Å²) in [5.41, 5.74) is -0.0850. The van der Waals surface area contributed by atoms with Gasteiger partial charge in [0.2, 0.25) is 5.91 Å². The molecule has 1 atom stereocenters. The Balaban J connectivity index is 1.54. The van der Waals surface area contributed by atoms with E-state index in [1.54, 1.807) is 6.07 Å². The number of aromatic nitrogens is 2. The SMILES string of the molecule is O=C(CCn1cnc2sccc2c1=O)NC[C@@H]1CCOC1. The van der Waals surface area contributed by atoms with Crippen LogP contribution in [0.25, 0.3) is 10.2 Å². The van der Waals surface area contributed by atoms with Crippen molar-refractivity contribution >= 4 is 27.5 Å². The Morgan fingerprint density at radius 2 is 2.48 bits per heavy atom. The largest absolute Gasteiger partial charge is 0.381 e. The van der Waals surface area contributed by atoms with E-state index in [0.717, 1.165) is 24.5 Å². The molecule has 2 aromatic rings. The smallest absolute Gasteiger partial charge is 0.262 e. The van der Waals surface area contributed by atoms with Gasteiger partial charge in [-0.1, -0.05) is 0 Å². The Morgan fingerprint density at radius 1 is 1.57 bits per heavy atom. The summed E-state index contributed by atoms with van der Waals surface area (Å²) in [6.45, 7) is 2.50. The number of amides is 1. The monoisotopic (exact) mass is 307 g/mol. The van der Waals surface area contributed by atoms with Crippen molar-refractivity contribution in [3.8, 4) is 0 Å². The zero-order chi connectivity index (χ0) is 14.7. The molecule has 1 saturated heterocycles. The topological polar surface area (TPSA) is 73.2 Å². The molecule has 0 aliphatic carbocycles. The number of fused-ring (bicyclic) bond motifs is 1. The van der Waals surface area contributed by atoms with E-state index in [-0.39, 0.29) is 17.9 Å². The second kappa shape index (κ2) is 6.36. The number of hydrogen-bond acceptors (Lipinski definition) is 5. The van der Waals surface area contributed by atoms with Gasteiger partial charge in [-0.25, -0.2) is 4.98 Å². The Labute approximate surface area is 125 Å². The van der Waals surface area contributed by atoms with Crippen molar-refractivity contribution in [3.63, 3.8) is 0 Å². The molecule has 0 saturated carbocycles. The van der Waals surface area contributed by atoms with Gasteiger partial charge >= 0.3 is 0 Å². The summed E-state index contributed by atoms with van der Waals surface area (Å²) in [4.78, 5) is 28.9. The number of thiophene rings is 1. The van der Waals surface area contributed by atoms with Gasteiger partial charge in [0.05, 0.1) is 18.3 Å². The van der Waals surface area contributed by atoms with Crippen LogP contribution < -0.4 is 10.9 Å². The summed E-state index contributed by atoms with van der Waals surface area (Å²) in [5.74, 6) is 0.375. The van der Waals surface area contributed by atoms with Gasteiger partial charge in [0, 0.05) is 32.0 Å². The molecule has 1 N–H and O–H groups in total. The van der Waals surface area contributed by atoms with Gasteiger partial charge in [-0.15, -0.1) is 11.3 Å². The van der Waals surface area contributed by atoms with Crippen molar-refractivity contribution in [2.24, 2.45) is 5.92 Å². The number of hydrogen-bond donors (Lipinski definition) is 1. The maximum atomic E-state index is 12.2. The second-order valence-electron chi connectivity index (χ2n) is 5.17. The second-order valence-corrected chi connectivity index (χ2v) is 6.06. The van der Waals surface area contributed by atoms with Crippen LogP contribution in [0.1, 0.15) is 12.8 Å². The van der Waals surface area contributed by atoms with Crippen LogP contribution in [0.3, 0.4) is 0 Å². The molecule has 0 aromatic carbocycles. The maximum absolute atomic E-state index is 12.2. The number of ether oxygens (including phenoxy) is 1. The Kier molecular flexibility index (Phi) is 4.31. The molecule has 0 spiro atoms. The summed E-state index contributed by atoms with van der Waals surface area (Å²) >= 11 is 1.44. The number of aryl methyl sites for hydroxylation is 1. The number of nitrogens with one attached hydrogen (secondary N) is 1. The molecule has 0 radical (unpaired) electrons. The van der Waals surface area contributed by atoms with Gasteiger partial charge in [0.25, 0.3) is 5.56 Å². The molecule has 1 aliphatic heterocycles. The van der Waals surface area contributed by atoms with Gasteiger partial charge in [-0.05, 0) is 17.9 Å². The number of rotatable bonds is 5. The third-order valence-electron chi connectivity index (χ3n) is 3.64. The van der Waals surface area contributed by atoms with Crippen LogP contribution in [0.2, 0.25) is 0 Å². The van der Waals surface area contributed by atoms with Crippen molar-refractivity contribution < 1.29 is 9.53 Å². The lowest BCUT2D eigenvalue weighted by atomic mass is 10.1. The fourth-order valence-corrected chi connectivity index (χ4v) is 3.09. The van der Waals surface area contributed by atoms with Crippen molar-refractivity contribution in [1.82, 2.24) is 14.9 Å². The van der Waals surface area contributed by atoms with E-state index < -0.39 is 0 Å². The number of carbonyl (C=O) groups is 1. The highest BCUT2D eigenvalue weighted by Gasteiger charge is 2.16. The van der Waals surface area contributed by atoms with E-state index in [2.05, 4.69) is 10.3 Å². The van der Waals surface area contributed by atoms with Crippen LogP contribution in [0.15, 0.2) is 22.6 Å². The Hall–Kier alpha value is -1.73. The van der Waals surface area contributed by atoms with Crippen molar-refractivity contribution in [3.05, 3.63) is 28.1 Å². The summed E-state index contributed by atoms with van der Waals surface area (Å²) in [7, 11) is 0. The fraction of sp³-hybridized carbons (Fsp3) is 0.500. The first-order valence-electron chi connectivity index (χ1n) is 7.01. The van der Waals surface area contributed by atoms with Gasteiger partial charge in [-0.2, -0.15) is 0 Å². The summed E-state index contributed by atoms with van der Waals surface area (Å²) < 4.78 is 6.76. The summed E-state index contributed by atoms with van der Waals surface area (Å²) in [6, 6.07) is 1.77. The molecule has 0 bridgehead atoms. The van der Waals surface area contributed by atoms with E-state index in [4.69, 9.17) is 4.74 Å².